The summed E-state index contributed by atoms with van der Waals surface area (Å²) < 4.78 is 0. The Balaban J connectivity index is 1.94. The van der Waals surface area contributed by atoms with Gasteiger partial charge in [0.1, 0.15) is 0 Å². The van der Waals surface area contributed by atoms with Crippen LogP contribution < -0.4 is 5.32 Å². The van der Waals surface area contributed by atoms with Gasteiger partial charge < -0.3 is 15.1 Å². The highest BCUT2D eigenvalue weighted by Crippen LogP contribution is 2.22. The summed E-state index contributed by atoms with van der Waals surface area (Å²) in [5, 5.41) is 3.70. The zero-order valence-corrected chi connectivity index (χ0v) is 13.4. The first-order valence-electron chi connectivity index (χ1n) is 7.73. The van der Waals surface area contributed by atoms with Gasteiger partial charge in [-0.05, 0) is 71.1 Å². The number of likely N-dealkylation sites (tertiary alicyclic amines) is 1. The van der Waals surface area contributed by atoms with E-state index < -0.39 is 0 Å². The minimum Gasteiger partial charge on any atom is -0.382 e. The van der Waals surface area contributed by atoms with Gasteiger partial charge >= 0.3 is 0 Å². The molecule has 1 aliphatic rings. The molecule has 2 atom stereocenters. The average molecular weight is 275 g/mol. The molecule has 1 saturated heterocycles. The lowest BCUT2D eigenvalue weighted by Crippen LogP contribution is -2.39. The van der Waals surface area contributed by atoms with Crippen molar-refractivity contribution < 1.29 is 0 Å². The number of rotatable bonds is 5. The number of anilines is 1. The van der Waals surface area contributed by atoms with E-state index in [9.17, 15) is 0 Å². The Kier molecular flexibility index (Phi) is 5.44. The second-order valence-electron chi connectivity index (χ2n) is 6.54. The lowest BCUT2D eigenvalue weighted by molar-refractivity contribution is 0.197. The molecule has 0 aliphatic carbocycles. The number of hydrogen-bond acceptors (Lipinski definition) is 3. The van der Waals surface area contributed by atoms with Crippen LogP contribution in [0.3, 0.4) is 0 Å². The highest BCUT2D eigenvalue weighted by molar-refractivity contribution is 5.46. The summed E-state index contributed by atoms with van der Waals surface area (Å²) in [5.74, 6) is 0.756. The van der Waals surface area contributed by atoms with Crippen LogP contribution in [0.15, 0.2) is 24.3 Å². The molecule has 3 nitrogen and oxygen atoms in total. The van der Waals surface area contributed by atoms with Crippen LogP contribution in [0, 0.1) is 5.92 Å². The Labute approximate surface area is 124 Å². The number of nitrogens with zero attached hydrogens (tertiary/aromatic N) is 2. The van der Waals surface area contributed by atoms with Gasteiger partial charge in [0.25, 0.3) is 0 Å². The smallest absolute Gasteiger partial charge is 0.0345 e. The fourth-order valence-corrected chi connectivity index (χ4v) is 3.12. The molecule has 1 heterocycles. The molecule has 3 heteroatoms. The molecule has 0 radical (unpaired) electrons. The first-order valence-corrected chi connectivity index (χ1v) is 7.73. The second-order valence-corrected chi connectivity index (χ2v) is 6.54. The molecule has 0 spiro atoms. The first kappa shape index (κ1) is 15.3. The van der Waals surface area contributed by atoms with Crippen molar-refractivity contribution in [2.75, 3.05) is 39.5 Å². The maximum atomic E-state index is 3.70. The van der Waals surface area contributed by atoms with Crippen molar-refractivity contribution >= 4 is 5.69 Å². The molecule has 112 valence electrons. The predicted octanol–water partition coefficient (Wildman–Crippen LogP) is 2.89. The number of nitrogens with one attached hydrogen (secondary N) is 1. The number of benzene rings is 1. The van der Waals surface area contributed by atoms with E-state index in [0.717, 1.165) is 12.5 Å². The van der Waals surface area contributed by atoms with Crippen molar-refractivity contribution in [1.82, 2.24) is 9.80 Å². The van der Waals surface area contributed by atoms with Gasteiger partial charge in [-0.3, -0.25) is 0 Å². The largest absolute Gasteiger partial charge is 0.382 e. The number of piperidine rings is 1. The van der Waals surface area contributed by atoms with Crippen LogP contribution in [0.2, 0.25) is 0 Å². The summed E-state index contributed by atoms with van der Waals surface area (Å²) in [6, 6.07) is 9.35. The van der Waals surface area contributed by atoms with E-state index in [0.29, 0.717) is 6.04 Å². The van der Waals surface area contributed by atoms with Gasteiger partial charge in [-0.2, -0.15) is 0 Å². The van der Waals surface area contributed by atoms with Crippen LogP contribution in [0.5, 0.6) is 0 Å². The van der Waals surface area contributed by atoms with Crippen molar-refractivity contribution in [3.63, 3.8) is 0 Å². The lowest BCUT2D eigenvalue weighted by Gasteiger charge is -2.34. The molecule has 0 amide bonds. The number of hydrogen-bond donors (Lipinski definition) is 1. The summed E-state index contributed by atoms with van der Waals surface area (Å²) in [6.45, 7) is 5.78. The van der Waals surface area contributed by atoms with Gasteiger partial charge in [0.2, 0.25) is 0 Å². The molecule has 1 aromatic rings. The zero-order chi connectivity index (χ0) is 14.5. The normalized spacial score (nSPS) is 21.9. The van der Waals surface area contributed by atoms with Crippen LogP contribution in [-0.4, -0.2) is 50.1 Å². The monoisotopic (exact) mass is 275 g/mol. The van der Waals surface area contributed by atoms with Crippen LogP contribution in [0.4, 0.5) is 5.69 Å². The standard InChI is InChI=1S/C17H29N3/c1-14(16-8-6-10-20(4)13-16)18-17-9-5-7-15(11-17)12-19(2)3/h5,7,9,11,14,16,18H,6,8,10,12-13H2,1-4H3. The van der Waals surface area contributed by atoms with Crippen LogP contribution in [0.1, 0.15) is 25.3 Å². The molecule has 1 N–H and O–H groups in total. The highest BCUT2D eigenvalue weighted by Gasteiger charge is 2.22. The maximum Gasteiger partial charge on any atom is 0.0345 e. The van der Waals surface area contributed by atoms with Gasteiger partial charge in [-0.25, -0.2) is 0 Å². The molecule has 0 bridgehead atoms. The van der Waals surface area contributed by atoms with E-state index in [-0.39, 0.29) is 0 Å². The summed E-state index contributed by atoms with van der Waals surface area (Å²) in [7, 11) is 6.46. The van der Waals surface area contributed by atoms with Crippen molar-refractivity contribution in [3.8, 4) is 0 Å². The predicted molar refractivity (Wildman–Crippen MR) is 87.1 cm³/mol. The van der Waals surface area contributed by atoms with Crippen LogP contribution >= 0.6 is 0 Å². The van der Waals surface area contributed by atoms with Crippen molar-refractivity contribution in [3.05, 3.63) is 29.8 Å². The van der Waals surface area contributed by atoms with E-state index >= 15 is 0 Å². The molecule has 20 heavy (non-hydrogen) atoms. The van der Waals surface area contributed by atoms with Crippen molar-refractivity contribution in [2.24, 2.45) is 5.92 Å². The average Bonchev–Trinajstić information content (AvgIpc) is 2.38. The van der Waals surface area contributed by atoms with Gasteiger partial charge in [-0.1, -0.05) is 12.1 Å². The van der Waals surface area contributed by atoms with E-state index in [4.69, 9.17) is 0 Å². The summed E-state index contributed by atoms with van der Waals surface area (Å²) >= 11 is 0. The second kappa shape index (κ2) is 7.09. The molecule has 0 saturated carbocycles. The highest BCUT2D eigenvalue weighted by atomic mass is 15.1. The molecule has 2 unspecified atom stereocenters. The summed E-state index contributed by atoms with van der Waals surface area (Å²) in [5.41, 5.74) is 2.62. The van der Waals surface area contributed by atoms with Crippen molar-refractivity contribution in [1.29, 1.82) is 0 Å². The Bertz CT molecular complexity index is 416. The van der Waals surface area contributed by atoms with Crippen LogP contribution in [0.25, 0.3) is 0 Å². The van der Waals surface area contributed by atoms with E-state index in [1.54, 1.807) is 0 Å². The quantitative estimate of drug-likeness (QED) is 0.891. The summed E-state index contributed by atoms with van der Waals surface area (Å²) in [6.07, 6.45) is 2.67. The Morgan fingerprint density at radius 3 is 2.90 bits per heavy atom. The molecule has 1 fully saturated rings. The fourth-order valence-electron chi connectivity index (χ4n) is 3.12. The van der Waals surface area contributed by atoms with E-state index in [2.05, 4.69) is 67.4 Å². The third-order valence-corrected chi connectivity index (χ3v) is 4.19. The van der Waals surface area contributed by atoms with Crippen molar-refractivity contribution in [2.45, 2.75) is 32.4 Å². The molecule has 1 aliphatic heterocycles. The third kappa shape index (κ3) is 4.50. The fraction of sp³-hybridized carbons (Fsp3) is 0.647. The Hall–Kier alpha value is -1.06. The van der Waals surface area contributed by atoms with Crippen LogP contribution in [-0.2, 0) is 6.54 Å². The Morgan fingerprint density at radius 2 is 2.20 bits per heavy atom. The van der Waals surface area contributed by atoms with E-state index in [1.165, 1.54) is 37.2 Å². The maximum absolute atomic E-state index is 3.70. The molecule has 2 rings (SSSR count). The molecule has 1 aromatic carbocycles. The van der Waals surface area contributed by atoms with Gasteiger partial charge in [0.05, 0.1) is 0 Å². The topological polar surface area (TPSA) is 18.5 Å². The summed E-state index contributed by atoms with van der Waals surface area (Å²) in [4.78, 5) is 4.66. The zero-order valence-electron chi connectivity index (χ0n) is 13.4. The first-order chi connectivity index (χ1) is 9.54. The molecule has 0 aromatic heterocycles. The third-order valence-electron chi connectivity index (χ3n) is 4.19. The van der Waals surface area contributed by atoms with E-state index in [1.807, 2.05) is 0 Å². The Morgan fingerprint density at radius 1 is 1.40 bits per heavy atom. The minimum absolute atomic E-state index is 0.535. The molecular formula is C17H29N3. The SMILES string of the molecule is CC(Nc1cccc(CN(C)C)c1)C1CCCN(C)C1. The lowest BCUT2D eigenvalue weighted by atomic mass is 9.91. The van der Waals surface area contributed by atoms with Gasteiger partial charge in [0.15, 0.2) is 0 Å². The van der Waals surface area contributed by atoms with Gasteiger partial charge in [0, 0.05) is 24.8 Å². The molecular weight excluding hydrogens is 246 g/mol. The minimum atomic E-state index is 0.535. The van der Waals surface area contributed by atoms with Gasteiger partial charge in [-0.15, -0.1) is 0 Å².